The van der Waals surface area contributed by atoms with Crippen molar-refractivity contribution in [1.82, 2.24) is 9.97 Å². The summed E-state index contributed by atoms with van der Waals surface area (Å²) in [5, 5.41) is 12.2. The number of aromatic nitrogens is 2. The van der Waals surface area contributed by atoms with Gasteiger partial charge in [-0.15, -0.1) is 0 Å². The molecule has 92 valence electrons. The highest BCUT2D eigenvalue weighted by atomic mass is 35.5. The van der Waals surface area contributed by atoms with Gasteiger partial charge in [-0.1, -0.05) is 17.7 Å². The van der Waals surface area contributed by atoms with Gasteiger partial charge in [0.15, 0.2) is 0 Å². The average molecular weight is 264 g/mol. The summed E-state index contributed by atoms with van der Waals surface area (Å²) in [4.78, 5) is 18.9. The van der Waals surface area contributed by atoms with Gasteiger partial charge in [-0.2, -0.15) is 0 Å². The minimum atomic E-state index is -1.05. The van der Waals surface area contributed by atoms with E-state index in [0.29, 0.717) is 6.54 Å². The number of hydrogen-bond acceptors (Lipinski definition) is 4. The summed E-state index contributed by atoms with van der Waals surface area (Å²) in [6.07, 6.45) is 3.36. The van der Waals surface area contributed by atoms with E-state index in [1.165, 1.54) is 12.1 Å². The van der Waals surface area contributed by atoms with Gasteiger partial charge in [0.05, 0.1) is 0 Å². The zero-order chi connectivity index (χ0) is 13.0. The van der Waals surface area contributed by atoms with E-state index in [1.807, 2.05) is 6.07 Å². The molecule has 2 rings (SSSR count). The number of carboxylic acid groups (broad SMARTS) is 1. The van der Waals surface area contributed by atoms with Gasteiger partial charge in [0, 0.05) is 18.9 Å². The zero-order valence-corrected chi connectivity index (χ0v) is 10.1. The smallest absolute Gasteiger partial charge is 0.339 e. The largest absolute Gasteiger partial charge is 0.478 e. The Hall–Kier alpha value is -2.14. The maximum absolute atomic E-state index is 11.0. The molecule has 5 nitrogen and oxygen atoms in total. The Bertz CT molecular complexity index is 561. The Morgan fingerprint density at radius 1 is 1.39 bits per heavy atom. The lowest BCUT2D eigenvalue weighted by Gasteiger charge is -2.08. The van der Waals surface area contributed by atoms with Crippen molar-refractivity contribution in [2.75, 3.05) is 5.32 Å². The molecule has 2 aromatic rings. The third-order valence-corrected chi connectivity index (χ3v) is 2.48. The van der Waals surface area contributed by atoms with E-state index in [1.54, 1.807) is 18.5 Å². The van der Waals surface area contributed by atoms with Crippen LogP contribution in [-0.2, 0) is 6.54 Å². The average Bonchev–Trinajstić information content (AvgIpc) is 2.37. The van der Waals surface area contributed by atoms with Crippen LogP contribution in [0.3, 0.4) is 0 Å². The highest BCUT2D eigenvalue weighted by Crippen LogP contribution is 2.17. The van der Waals surface area contributed by atoms with Crippen LogP contribution in [0.1, 0.15) is 15.9 Å². The zero-order valence-electron chi connectivity index (χ0n) is 9.30. The van der Waals surface area contributed by atoms with Crippen LogP contribution in [0.4, 0.5) is 5.82 Å². The molecular formula is C12H10ClN3O2. The number of halogens is 1. The van der Waals surface area contributed by atoms with Crippen LogP contribution in [0.15, 0.2) is 36.7 Å². The van der Waals surface area contributed by atoms with E-state index in [0.717, 1.165) is 5.56 Å². The van der Waals surface area contributed by atoms with Crippen molar-refractivity contribution in [3.63, 3.8) is 0 Å². The number of anilines is 1. The fourth-order valence-corrected chi connectivity index (χ4v) is 1.58. The van der Waals surface area contributed by atoms with Gasteiger partial charge in [0.25, 0.3) is 0 Å². The first kappa shape index (κ1) is 12.3. The summed E-state index contributed by atoms with van der Waals surface area (Å²) in [5.41, 5.74) is 1.01. The number of carbonyl (C=O) groups is 1. The minimum Gasteiger partial charge on any atom is -0.478 e. The van der Waals surface area contributed by atoms with E-state index in [-0.39, 0.29) is 16.5 Å². The van der Waals surface area contributed by atoms with Crippen LogP contribution < -0.4 is 5.32 Å². The van der Waals surface area contributed by atoms with Gasteiger partial charge in [0.1, 0.15) is 16.5 Å². The van der Waals surface area contributed by atoms with Crippen LogP contribution in [-0.4, -0.2) is 21.0 Å². The van der Waals surface area contributed by atoms with E-state index >= 15 is 0 Å². The molecule has 0 bridgehead atoms. The van der Waals surface area contributed by atoms with Gasteiger partial charge in [-0.05, 0) is 23.8 Å². The van der Waals surface area contributed by atoms with Crippen molar-refractivity contribution in [1.29, 1.82) is 0 Å². The summed E-state index contributed by atoms with van der Waals surface area (Å²) in [6, 6.07) is 6.55. The number of nitrogens with zero attached hydrogens (tertiary/aromatic N) is 2. The summed E-state index contributed by atoms with van der Waals surface area (Å²) < 4.78 is 0. The number of pyridine rings is 2. The molecule has 2 N–H and O–H groups in total. The molecule has 0 amide bonds. The third kappa shape index (κ3) is 2.95. The molecule has 2 aromatic heterocycles. The van der Waals surface area contributed by atoms with Crippen molar-refractivity contribution in [3.8, 4) is 0 Å². The molecule has 0 atom stereocenters. The Kier molecular flexibility index (Phi) is 3.74. The molecule has 0 aliphatic heterocycles. The summed E-state index contributed by atoms with van der Waals surface area (Å²) >= 11 is 5.75. The fourth-order valence-electron chi connectivity index (χ4n) is 1.43. The third-order valence-electron chi connectivity index (χ3n) is 2.27. The Balaban J connectivity index is 2.18. The highest BCUT2D eigenvalue weighted by Gasteiger charge is 2.11. The van der Waals surface area contributed by atoms with Crippen molar-refractivity contribution >= 4 is 23.4 Å². The van der Waals surface area contributed by atoms with Crippen molar-refractivity contribution < 1.29 is 9.90 Å². The summed E-state index contributed by atoms with van der Waals surface area (Å²) in [6.45, 7) is 0.432. The maximum atomic E-state index is 11.0. The van der Waals surface area contributed by atoms with Crippen LogP contribution in [0.25, 0.3) is 0 Å². The Morgan fingerprint density at radius 3 is 2.89 bits per heavy atom. The molecular weight excluding hydrogens is 254 g/mol. The molecule has 0 saturated carbocycles. The predicted octanol–water partition coefficient (Wildman–Crippen LogP) is 2.44. The molecule has 0 saturated heterocycles. The van der Waals surface area contributed by atoms with Crippen LogP contribution in [0.2, 0.25) is 5.15 Å². The molecule has 6 heteroatoms. The predicted molar refractivity (Wildman–Crippen MR) is 67.8 cm³/mol. The summed E-state index contributed by atoms with van der Waals surface area (Å²) in [5.74, 6) is -0.799. The lowest BCUT2D eigenvalue weighted by Crippen LogP contribution is -2.08. The molecule has 0 aromatic carbocycles. The van der Waals surface area contributed by atoms with Crippen molar-refractivity contribution in [2.24, 2.45) is 0 Å². The van der Waals surface area contributed by atoms with E-state index < -0.39 is 5.97 Å². The second-order valence-electron chi connectivity index (χ2n) is 3.55. The second-order valence-corrected chi connectivity index (χ2v) is 3.94. The molecule has 2 heterocycles. The minimum absolute atomic E-state index is 0.0864. The van der Waals surface area contributed by atoms with E-state index in [9.17, 15) is 4.79 Å². The monoisotopic (exact) mass is 263 g/mol. The number of hydrogen-bond donors (Lipinski definition) is 2. The summed E-state index contributed by atoms with van der Waals surface area (Å²) in [7, 11) is 0. The number of aromatic carboxylic acids is 1. The molecule has 0 fully saturated rings. The number of carboxylic acids is 1. The number of nitrogens with one attached hydrogen (secondary N) is 1. The van der Waals surface area contributed by atoms with Crippen molar-refractivity contribution in [2.45, 2.75) is 6.54 Å². The molecule has 0 spiro atoms. The Labute approximate surface area is 108 Å². The SMILES string of the molecule is O=C(O)c1ccc(Cl)nc1NCc1cccnc1. The van der Waals surface area contributed by atoms with Gasteiger partial charge < -0.3 is 10.4 Å². The Morgan fingerprint density at radius 2 is 2.22 bits per heavy atom. The van der Waals surface area contributed by atoms with Crippen LogP contribution in [0.5, 0.6) is 0 Å². The molecule has 18 heavy (non-hydrogen) atoms. The molecule has 0 aliphatic carbocycles. The molecule has 0 radical (unpaired) electrons. The standard InChI is InChI=1S/C12H10ClN3O2/c13-10-4-3-9(12(17)18)11(16-10)15-7-8-2-1-5-14-6-8/h1-6H,7H2,(H,15,16)(H,17,18). The second kappa shape index (κ2) is 5.46. The van der Waals surface area contributed by atoms with Crippen LogP contribution in [0, 0.1) is 0 Å². The highest BCUT2D eigenvalue weighted by molar-refractivity contribution is 6.29. The lowest BCUT2D eigenvalue weighted by molar-refractivity contribution is 0.0697. The first-order valence-corrected chi connectivity index (χ1v) is 5.57. The first-order valence-electron chi connectivity index (χ1n) is 5.19. The maximum Gasteiger partial charge on any atom is 0.339 e. The fraction of sp³-hybridized carbons (Fsp3) is 0.0833. The quantitative estimate of drug-likeness (QED) is 0.829. The molecule has 0 aliphatic rings. The lowest BCUT2D eigenvalue weighted by atomic mass is 10.2. The normalized spacial score (nSPS) is 10.1. The molecule has 0 unspecified atom stereocenters. The van der Waals surface area contributed by atoms with Gasteiger partial charge >= 0.3 is 5.97 Å². The topological polar surface area (TPSA) is 75.1 Å². The van der Waals surface area contributed by atoms with Gasteiger partial charge in [-0.25, -0.2) is 9.78 Å². The van der Waals surface area contributed by atoms with Crippen molar-refractivity contribution in [3.05, 3.63) is 52.9 Å². The number of rotatable bonds is 4. The van der Waals surface area contributed by atoms with Crippen LogP contribution >= 0.6 is 11.6 Å². The first-order chi connectivity index (χ1) is 8.66. The van der Waals surface area contributed by atoms with Gasteiger partial charge in [0.2, 0.25) is 0 Å². The van der Waals surface area contributed by atoms with E-state index in [2.05, 4.69) is 15.3 Å². The van der Waals surface area contributed by atoms with Gasteiger partial charge in [-0.3, -0.25) is 4.98 Å². The van der Waals surface area contributed by atoms with E-state index in [4.69, 9.17) is 16.7 Å².